The first-order valence-corrected chi connectivity index (χ1v) is 4.33. The highest BCUT2D eigenvalue weighted by Gasteiger charge is 2.35. The van der Waals surface area contributed by atoms with Crippen molar-refractivity contribution < 1.29 is 18.3 Å². The molecule has 0 unspecified atom stereocenters. The summed E-state index contributed by atoms with van der Waals surface area (Å²) < 4.78 is 29.5. The number of carbonyl (C=O) groups excluding carboxylic acids is 1. The van der Waals surface area contributed by atoms with Gasteiger partial charge in [0.1, 0.15) is 5.75 Å². The molecule has 0 bridgehead atoms. The maximum Gasteiger partial charge on any atom is 0.400 e. The number of carbonyl (C=O) groups is 1. The zero-order chi connectivity index (χ0) is 11.5. The molecule has 3 nitrogen and oxygen atoms in total. The van der Waals surface area contributed by atoms with E-state index in [1.54, 1.807) is 12.1 Å². The van der Waals surface area contributed by atoms with Crippen LogP contribution in [0.15, 0.2) is 24.3 Å². The van der Waals surface area contributed by atoms with Gasteiger partial charge < -0.3 is 10.1 Å². The fraction of sp³-hybridized carbons (Fsp3) is 0.222. The fourth-order valence-corrected chi connectivity index (χ4v) is 0.950. The lowest BCUT2D eigenvalue weighted by Crippen LogP contribution is -2.28. The second kappa shape index (κ2) is 4.44. The number of rotatable bonds is 3. The van der Waals surface area contributed by atoms with Gasteiger partial charge in [0.25, 0.3) is 0 Å². The Bertz CT molecular complexity index is 365. The minimum atomic E-state index is -3.91. The topological polar surface area (TPSA) is 38.3 Å². The molecule has 1 rings (SSSR count). The third-order valence-electron chi connectivity index (χ3n) is 1.59. The van der Waals surface area contributed by atoms with Crippen LogP contribution in [0.5, 0.6) is 5.75 Å². The predicted molar refractivity (Wildman–Crippen MR) is 52.4 cm³/mol. The van der Waals surface area contributed by atoms with Crippen LogP contribution < -0.4 is 10.1 Å². The molecular formula is C9H8ClF2NO2. The Kier molecular flexibility index (Phi) is 3.47. The molecule has 0 saturated heterocycles. The summed E-state index contributed by atoms with van der Waals surface area (Å²) in [5.74, 6) is -1.12. The Labute approximate surface area is 90.0 Å². The summed E-state index contributed by atoms with van der Waals surface area (Å²) in [6.07, 6.45) is 0. The maximum absolute atomic E-state index is 12.3. The van der Waals surface area contributed by atoms with Crippen molar-refractivity contribution in [1.29, 1.82) is 0 Å². The largest absolute Gasteiger partial charge is 0.497 e. The van der Waals surface area contributed by atoms with Gasteiger partial charge in [0.2, 0.25) is 0 Å². The van der Waals surface area contributed by atoms with Crippen LogP contribution in [-0.4, -0.2) is 18.4 Å². The highest BCUT2D eigenvalue weighted by Crippen LogP contribution is 2.23. The van der Waals surface area contributed by atoms with E-state index in [1.807, 2.05) is 5.32 Å². The van der Waals surface area contributed by atoms with Gasteiger partial charge in [0, 0.05) is 11.8 Å². The van der Waals surface area contributed by atoms with Crippen LogP contribution in [-0.2, 0) is 4.79 Å². The van der Waals surface area contributed by atoms with Crippen LogP contribution >= 0.6 is 11.6 Å². The van der Waals surface area contributed by atoms with Crippen LogP contribution in [0.4, 0.5) is 14.5 Å². The molecule has 6 heteroatoms. The van der Waals surface area contributed by atoms with Gasteiger partial charge in [-0.3, -0.25) is 4.79 Å². The van der Waals surface area contributed by atoms with Crippen LogP contribution in [0.1, 0.15) is 0 Å². The van der Waals surface area contributed by atoms with E-state index >= 15 is 0 Å². The Balaban J connectivity index is 2.77. The average molecular weight is 236 g/mol. The zero-order valence-electron chi connectivity index (χ0n) is 7.76. The number of nitrogens with one attached hydrogen (secondary N) is 1. The van der Waals surface area contributed by atoms with E-state index in [0.717, 1.165) is 0 Å². The maximum atomic E-state index is 12.3. The van der Waals surface area contributed by atoms with Crippen LogP contribution in [0, 0.1) is 0 Å². The van der Waals surface area contributed by atoms with Gasteiger partial charge in [-0.05, 0) is 23.7 Å². The van der Waals surface area contributed by atoms with E-state index in [2.05, 4.69) is 11.6 Å². The van der Waals surface area contributed by atoms with E-state index in [0.29, 0.717) is 5.75 Å². The van der Waals surface area contributed by atoms with E-state index in [4.69, 9.17) is 4.74 Å². The molecule has 1 aromatic rings. The Morgan fingerprint density at radius 3 is 2.73 bits per heavy atom. The van der Waals surface area contributed by atoms with E-state index < -0.39 is 11.3 Å². The third-order valence-corrected chi connectivity index (χ3v) is 1.76. The van der Waals surface area contributed by atoms with Crippen molar-refractivity contribution in [2.75, 3.05) is 12.4 Å². The summed E-state index contributed by atoms with van der Waals surface area (Å²) in [7, 11) is 1.43. The molecule has 82 valence electrons. The second-order valence-electron chi connectivity index (χ2n) is 2.68. The van der Waals surface area contributed by atoms with Gasteiger partial charge in [0.05, 0.1) is 7.11 Å². The Morgan fingerprint density at radius 2 is 2.20 bits per heavy atom. The first-order chi connectivity index (χ1) is 6.93. The first kappa shape index (κ1) is 11.7. The van der Waals surface area contributed by atoms with Gasteiger partial charge in [-0.1, -0.05) is 6.07 Å². The molecule has 0 saturated carbocycles. The molecule has 0 aliphatic rings. The van der Waals surface area contributed by atoms with Gasteiger partial charge in [-0.15, -0.1) is 0 Å². The number of alkyl halides is 3. The minimum Gasteiger partial charge on any atom is -0.497 e. The van der Waals surface area contributed by atoms with Gasteiger partial charge >= 0.3 is 11.3 Å². The van der Waals surface area contributed by atoms with Gasteiger partial charge in [-0.2, -0.15) is 8.78 Å². The van der Waals surface area contributed by atoms with Crippen LogP contribution in [0.3, 0.4) is 0 Å². The quantitative estimate of drug-likeness (QED) is 0.818. The van der Waals surface area contributed by atoms with E-state index in [-0.39, 0.29) is 5.69 Å². The van der Waals surface area contributed by atoms with Crippen molar-refractivity contribution >= 4 is 23.2 Å². The van der Waals surface area contributed by atoms with Crippen molar-refractivity contribution in [1.82, 2.24) is 0 Å². The monoisotopic (exact) mass is 235 g/mol. The van der Waals surface area contributed by atoms with Crippen molar-refractivity contribution in [2.24, 2.45) is 0 Å². The molecule has 0 radical (unpaired) electrons. The number of hydrogen-bond donors (Lipinski definition) is 1. The SMILES string of the molecule is COc1cccc(NC(=O)C(F)(F)Cl)c1. The molecule has 1 aromatic carbocycles. The number of ether oxygens (including phenoxy) is 1. The molecule has 0 aromatic heterocycles. The normalized spacial score (nSPS) is 10.9. The summed E-state index contributed by atoms with van der Waals surface area (Å²) in [6.45, 7) is 0. The summed E-state index contributed by atoms with van der Waals surface area (Å²) in [4.78, 5) is 10.8. The van der Waals surface area contributed by atoms with Crippen molar-refractivity contribution in [3.8, 4) is 5.75 Å². The number of halogens is 3. The lowest BCUT2D eigenvalue weighted by atomic mass is 10.3. The van der Waals surface area contributed by atoms with E-state index in [1.165, 1.54) is 19.2 Å². The highest BCUT2D eigenvalue weighted by molar-refractivity contribution is 6.33. The van der Waals surface area contributed by atoms with Gasteiger partial charge in [0.15, 0.2) is 0 Å². The average Bonchev–Trinajstić information content (AvgIpc) is 2.16. The first-order valence-electron chi connectivity index (χ1n) is 3.95. The third kappa shape index (κ3) is 3.36. The molecule has 0 aliphatic carbocycles. The summed E-state index contributed by atoms with van der Waals surface area (Å²) in [5, 5.41) is -1.96. The Hall–Kier alpha value is -1.36. The lowest BCUT2D eigenvalue weighted by molar-refractivity contribution is -0.130. The predicted octanol–water partition coefficient (Wildman–Crippen LogP) is 2.47. The zero-order valence-corrected chi connectivity index (χ0v) is 8.52. The summed E-state index contributed by atoms with van der Waals surface area (Å²) in [5.41, 5.74) is 0.194. The van der Waals surface area contributed by atoms with Crippen molar-refractivity contribution in [2.45, 2.75) is 5.38 Å². The summed E-state index contributed by atoms with van der Waals surface area (Å²) >= 11 is 4.53. The molecule has 15 heavy (non-hydrogen) atoms. The number of methoxy groups -OCH3 is 1. The number of amides is 1. The van der Waals surface area contributed by atoms with Gasteiger partial charge in [-0.25, -0.2) is 0 Å². The number of anilines is 1. The highest BCUT2D eigenvalue weighted by atomic mass is 35.5. The van der Waals surface area contributed by atoms with Crippen molar-refractivity contribution in [3.05, 3.63) is 24.3 Å². The summed E-state index contributed by atoms with van der Waals surface area (Å²) in [6, 6.07) is 6.03. The molecule has 0 spiro atoms. The van der Waals surface area contributed by atoms with Crippen LogP contribution in [0.2, 0.25) is 0 Å². The fourth-order valence-electron chi connectivity index (χ4n) is 0.903. The molecule has 0 fully saturated rings. The molecule has 0 aliphatic heterocycles. The molecule has 1 N–H and O–H groups in total. The molecule has 0 heterocycles. The molecule has 0 atom stereocenters. The Morgan fingerprint density at radius 1 is 1.53 bits per heavy atom. The smallest absolute Gasteiger partial charge is 0.400 e. The minimum absolute atomic E-state index is 0.194. The number of hydrogen-bond acceptors (Lipinski definition) is 2. The molecular weight excluding hydrogens is 228 g/mol. The molecule has 1 amide bonds. The standard InChI is InChI=1S/C9H8ClF2NO2/c1-15-7-4-2-3-6(5-7)13-8(14)9(10,11)12/h2-5H,1H3,(H,13,14). The van der Waals surface area contributed by atoms with Crippen LogP contribution in [0.25, 0.3) is 0 Å². The second-order valence-corrected chi connectivity index (χ2v) is 3.16. The number of benzene rings is 1. The van der Waals surface area contributed by atoms with Crippen molar-refractivity contribution in [3.63, 3.8) is 0 Å². The van der Waals surface area contributed by atoms with E-state index in [9.17, 15) is 13.6 Å². The lowest BCUT2D eigenvalue weighted by Gasteiger charge is -2.09.